The molecule has 0 aliphatic carbocycles. The van der Waals surface area contributed by atoms with Gasteiger partial charge in [-0.25, -0.2) is 4.98 Å². The predicted octanol–water partition coefficient (Wildman–Crippen LogP) is 6.10. The van der Waals surface area contributed by atoms with Gasteiger partial charge in [0, 0.05) is 5.39 Å². The summed E-state index contributed by atoms with van der Waals surface area (Å²) in [5.74, 6) is 0.537. The van der Waals surface area contributed by atoms with E-state index >= 15 is 0 Å². The highest BCUT2D eigenvalue weighted by atomic mass is 79.9. The van der Waals surface area contributed by atoms with E-state index in [1.54, 1.807) is 17.4 Å². The summed E-state index contributed by atoms with van der Waals surface area (Å²) in [5, 5.41) is 13.2. The lowest BCUT2D eigenvalue weighted by Crippen LogP contribution is -1.85. The molecule has 1 N–H and O–H groups in total. The fourth-order valence-corrected chi connectivity index (χ4v) is 4.11. The van der Waals surface area contributed by atoms with E-state index in [-0.39, 0.29) is 5.75 Å². The second kappa shape index (κ2) is 6.50. The van der Waals surface area contributed by atoms with Crippen molar-refractivity contribution < 1.29 is 9.84 Å². The first-order chi connectivity index (χ1) is 12.2. The van der Waals surface area contributed by atoms with Gasteiger partial charge in [-0.3, -0.25) is 0 Å². The van der Waals surface area contributed by atoms with Crippen molar-refractivity contribution in [3.05, 3.63) is 63.6 Å². The van der Waals surface area contributed by atoms with Crippen LogP contribution in [0.3, 0.4) is 0 Å². The van der Waals surface area contributed by atoms with Crippen molar-refractivity contribution in [2.24, 2.45) is 0 Å². The third kappa shape index (κ3) is 3.01. The molecule has 0 saturated carbocycles. The second-order valence-corrected chi connectivity index (χ2v) is 7.49. The number of ether oxygens (including phenoxy) is 1. The molecule has 5 heteroatoms. The molecule has 4 rings (SSSR count). The molecular weight excluding hydrogens is 398 g/mol. The number of fused-ring (bicyclic) bond motifs is 3. The molecule has 124 valence electrons. The monoisotopic (exact) mass is 411 g/mol. The number of nitrogens with zero attached hydrogens (tertiary/aromatic N) is 1. The lowest BCUT2D eigenvalue weighted by molar-refractivity contribution is 0.372. The number of benzene rings is 3. The molecule has 4 aromatic rings. The highest BCUT2D eigenvalue weighted by Crippen LogP contribution is 2.36. The lowest BCUT2D eigenvalue weighted by Gasteiger charge is -2.06. The number of halogens is 1. The van der Waals surface area contributed by atoms with Gasteiger partial charge in [-0.1, -0.05) is 36.4 Å². The van der Waals surface area contributed by atoms with Crippen molar-refractivity contribution in [3.8, 4) is 11.5 Å². The topological polar surface area (TPSA) is 42.4 Å². The molecule has 0 atom stereocenters. The van der Waals surface area contributed by atoms with Crippen LogP contribution < -0.4 is 4.74 Å². The zero-order chi connectivity index (χ0) is 17.4. The zero-order valence-corrected chi connectivity index (χ0v) is 15.8. The third-order valence-corrected chi connectivity index (χ3v) is 5.58. The SMILES string of the molecule is COc1cc(C=Cc2nc3c(ccc4ccccc43)s2)cc(Br)c1O. The van der Waals surface area contributed by atoms with Crippen molar-refractivity contribution in [1.82, 2.24) is 4.98 Å². The standard InChI is InChI=1S/C20H14BrNO2S/c1-24-16-11-12(10-15(21)20(16)23)6-9-18-22-19-14-5-3-2-4-13(14)7-8-17(19)25-18/h2-11,23H,1H3. The van der Waals surface area contributed by atoms with E-state index in [2.05, 4.69) is 40.2 Å². The van der Waals surface area contributed by atoms with Crippen LogP contribution in [-0.2, 0) is 0 Å². The highest BCUT2D eigenvalue weighted by molar-refractivity contribution is 9.10. The molecule has 1 aromatic heterocycles. The molecule has 0 fully saturated rings. The van der Waals surface area contributed by atoms with Crippen LogP contribution in [-0.4, -0.2) is 17.2 Å². The number of methoxy groups -OCH3 is 1. The average Bonchev–Trinajstić information content (AvgIpc) is 3.06. The predicted molar refractivity (Wildman–Crippen MR) is 108 cm³/mol. The second-order valence-electron chi connectivity index (χ2n) is 5.57. The maximum atomic E-state index is 9.90. The Morgan fingerprint density at radius 3 is 2.80 bits per heavy atom. The molecule has 1 heterocycles. The Balaban J connectivity index is 1.74. The van der Waals surface area contributed by atoms with Crippen LogP contribution in [0, 0.1) is 0 Å². The summed E-state index contributed by atoms with van der Waals surface area (Å²) >= 11 is 5.00. The van der Waals surface area contributed by atoms with E-state index < -0.39 is 0 Å². The number of hydrogen-bond donors (Lipinski definition) is 1. The summed E-state index contributed by atoms with van der Waals surface area (Å²) in [7, 11) is 1.54. The fraction of sp³-hybridized carbons (Fsp3) is 0.0500. The van der Waals surface area contributed by atoms with Crippen LogP contribution in [0.2, 0.25) is 0 Å². The van der Waals surface area contributed by atoms with Gasteiger partial charge in [-0.05, 0) is 51.2 Å². The van der Waals surface area contributed by atoms with Gasteiger partial charge in [-0.15, -0.1) is 11.3 Å². The number of rotatable bonds is 3. The first-order valence-corrected chi connectivity index (χ1v) is 9.29. The number of aromatic nitrogens is 1. The molecule has 0 spiro atoms. The Hall–Kier alpha value is -2.37. The molecule has 0 radical (unpaired) electrons. The Labute approximate surface area is 157 Å². The molecule has 25 heavy (non-hydrogen) atoms. The highest BCUT2D eigenvalue weighted by Gasteiger charge is 2.08. The molecule has 0 saturated heterocycles. The van der Waals surface area contributed by atoms with Crippen molar-refractivity contribution in [2.45, 2.75) is 0 Å². The summed E-state index contributed by atoms with van der Waals surface area (Å²) in [6, 6.07) is 16.2. The molecule has 3 nitrogen and oxygen atoms in total. The molecule has 0 aliphatic rings. The van der Waals surface area contributed by atoms with Crippen molar-refractivity contribution in [3.63, 3.8) is 0 Å². The Bertz CT molecular complexity index is 1120. The van der Waals surface area contributed by atoms with E-state index in [0.717, 1.165) is 16.1 Å². The minimum Gasteiger partial charge on any atom is -0.503 e. The van der Waals surface area contributed by atoms with Gasteiger partial charge in [0.25, 0.3) is 0 Å². The third-order valence-electron chi connectivity index (χ3n) is 3.99. The summed E-state index contributed by atoms with van der Waals surface area (Å²) < 4.78 is 6.96. The van der Waals surface area contributed by atoms with Gasteiger partial charge in [0.1, 0.15) is 5.01 Å². The van der Waals surface area contributed by atoms with Gasteiger partial charge in [0.05, 0.1) is 21.8 Å². The van der Waals surface area contributed by atoms with Crippen molar-refractivity contribution >= 4 is 60.4 Å². The van der Waals surface area contributed by atoms with Crippen LogP contribution >= 0.6 is 27.3 Å². The molecule has 3 aromatic carbocycles. The van der Waals surface area contributed by atoms with Gasteiger partial charge in [0.15, 0.2) is 11.5 Å². The van der Waals surface area contributed by atoms with Crippen LogP contribution in [0.1, 0.15) is 10.6 Å². The molecule has 0 bridgehead atoms. The first kappa shape index (κ1) is 16.1. The first-order valence-electron chi connectivity index (χ1n) is 7.68. The van der Waals surface area contributed by atoms with E-state index in [1.165, 1.54) is 22.6 Å². The van der Waals surface area contributed by atoms with Crippen molar-refractivity contribution in [2.75, 3.05) is 7.11 Å². The minimum atomic E-state index is 0.103. The minimum absolute atomic E-state index is 0.103. The molecule has 0 amide bonds. The largest absolute Gasteiger partial charge is 0.503 e. The quantitative estimate of drug-likeness (QED) is 0.442. The average molecular weight is 412 g/mol. The molecule has 0 unspecified atom stereocenters. The van der Waals surface area contributed by atoms with E-state index in [1.807, 2.05) is 30.4 Å². The Morgan fingerprint density at radius 2 is 1.96 bits per heavy atom. The number of phenolic OH excluding ortho intramolecular Hbond substituents is 1. The Morgan fingerprint density at radius 1 is 1.12 bits per heavy atom. The van der Waals surface area contributed by atoms with Gasteiger partial charge >= 0.3 is 0 Å². The maximum absolute atomic E-state index is 9.90. The van der Waals surface area contributed by atoms with E-state index in [9.17, 15) is 5.11 Å². The van der Waals surface area contributed by atoms with Crippen molar-refractivity contribution in [1.29, 1.82) is 0 Å². The van der Waals surface area contributed by atoms with Crippen LogP contribution in [0.4, 0.5) is 0 Å². The lowest BCUT2D eigenvalue weighted by atomic mass is 10.1. The number of aromatic hydroxyl groups is 1. The van der Waals surface area contributed by atoms with Crippen LogP contribution in [0.5, 0.6) is 11.5 Å². The summed E-state index contributed by atoms with van der Waals surface area (Å²) in [5.41, 5.74) is 1.96. The smallest absolute Gasteiger partial charge is 0.172 e. The van der Waals surface area contributed by atoms with E-state index in [4.69, 9.17) is 9.72 Å². The van der Waals surface area contributed by atoms with Crippen LogP contribution in [0.25, 0.3) is 33.1 Å². The van der Waals surface area contributed by atoms with Gasteiger partial charge in [0.2, 0.25) is 0 Å². The maximum Gasteiger partial charge on any atom is 0.172 e. The van der Waals surface area contributed by atoms with Gasteiger partial charge < -0.3 is 9.84 Å². The van der Waals surface area contributed by atoms with E-state index in [0.29, 0.717) is 10.2 Å². The number of hydrogen-bond acceptors (Lipinski definition) is 4. The fourth-order valence-electron chi connectivity index (χ4n) is 2.76. The summed E-state index contributed by atoms with van der Waals surface area (Å²) in [4.78, 5) is 4.78. The molecule has 0 aliphatic heterocycles. The Kier molecular flexibility index (Phi) is 4.19. The van der Waals surface area contributed by atoms with Gasteiger partial charge in [-0.2, -0.15) is 0 Å². The summed E-state index contributed by atoms with van der Waals surface area (Å²) in [6.45, 7) is 0. The number of phenols is 1. The number of thiazole rings is 1. The zero-order valence-electron chi connectivity index (χ0n) is 13.4. The molecular formula is C20H14BrNO2S. The summed E-state index contributed by atoms with van der Waals surface area (Å²) in [6.07, 6.45) is 3.95. The van der Waals surface area contributed by atoms with Crippen LogP contribution in [0.15, 0.2) is 53.0 Å². The normalized spacial score (nSPS) is 11.6.